The second-order valence-electron chi connectivity index (χ2n) is 5.24. The van der Waals surface area contributed by atoms with Gasteiger partial charge in [-0.15, -0.1) is 0 Å². The number of rotatable bonds is 7. The Balaban J connectivity index is 1.90. The zero-order valence-electron chi connectivity index (χ0n) is 12.8. The summed E-state index contributed by atoms with van der Waals surface area (Å²) in [5, 5.41) is 10.6. The van der Waals surface area contributed by atoms with Crippen LogP contribution in [-0.2, 0) is 17.9 Å². The van der Waals surface area contributed by atoms with Gasteiger partial charge in [-0.3, -0.25) is 4.79 Å². The molecule has 0 saturated carbocycles. The van der Waals surface area contributed by atoms with E-state index in [1.807, 2.05) is 0 Å². The standard InChI is InChI=1S/C17H19FN2O3/c1-12(17(19)21)20(22)10-13-5-7-16(8-6-13)23-11-14-3-2-4-15(18)9-14/h2-9,12,22H,10-11H2,1H3,(H2,19,21). The van der Waals surface area contributed by atoms with Crippen molar-refractivity contribution in [2.45, 2.75) is 26.1 Å². The van der Waals surface area contributed by atoms with Crippen LogP contribution >= 0.6 is 0 Å². The van der Waals surface area contributed by atoms with E-state index < -0.39 is 11.9 Å². The number of amides is 1. The third-order valence-electron chi connectivity index (χ3n) is 3.42. The highest BCUT2D eigenvalue weighted by Crippen LogP contribution is 2.16. The molecule has 0 spiro atoms. The average molecular weight is 318 g/mol. The van der Waals surface area contributed by atoms with E-state index in [1.54, 1.807) is 36.4 Å². The molecule has 122 valence electrons. The minimum absolute atomic E-state index is 0.175. The molecule has 0 aliphatic carbocycles. The third kappa shape index (κ3) is 5.05. The van der Waals surface area contributed by atoms with Crippen molar-refractivity contribution in [1.29, 1.82) is 0 Å². The fraction of sp³-hybridized carbons (Fsp3) is 0.235. The van der Waals surface area contributed by atoms with Crippen LogP contribution in [-0.4, -0.2) is 22.2 Å². The van der Waals surface area contributed by atoms with E-state index in [4.69, 9.17) is 10.5 Å². The summed E-state index contributed by atoms with van der Waals surface area (Å²) in [6.45, 7) is 1.97. The van der Waals surface area contributed by atoms with E-state index in [0.29, 0.717) is 5.75 Å². The summed E-state index contributed by atoms with van der Waals surface area (Å²) in [6.07, 6.45) is 0. The average Bonchev–Trinajstić information content (AvgIpc) is 2.53. The number of benzene rings is 2. The Kier molecular flexibility index (Phi) is 5.67. The van der Waals surface area contributed by atoms with Gasteiger partial charge in [0.15, 0.2) is 0 Å². The molecule has 1 atom stereocenters. The summed E-state index contributed by atoms with van der Waals surface area (Å²) in [6, 6.07) is 12.5. The molecule has 0 aliphatic rings. The second-order valence-corrected chi connectivity index (χ2v) is 5.24. The fourth-order valence-corrected chi connectivity index (χ4v) is 1.96. The van der Waals surface area contributed by atoms with E-state index in [0.717, 1.165) is 16.2 Å². The van der Waals surface area contributed by atoms with Crippen LogP contribution in [0, 0.1) is 5.82 Å². The van der Waals surface area contributed by atoms with Crippen LogP contribution in [0.2, 0.25) is 0 Å². The van der Waals surface area contributed by atoms with Crippen molar-refractivity contribution in [1.82, 2.24) is 5.06 Å². The Labute approximate surface area is 134 Å². The molecular formula is C17H19FN2O3. The van der Waals surface area contributed by atoms with E-state index in [1.165, 1.54) is 19.1 Å². The minimum atomic E-state index is -0.765. The van der Waals surface area contributed by atoms with Gasteiger partial charge in [0.2, 0.25) is 5.91 Å². The Morgan fingerprint density at radius 2 is 1.96 bits per heavy atom. The van der Waals surface area contributed by atoms with E-state index in [-0.39, 0.29) is 19.0 Å². The SMILES string of the molecule is CC(C(N)=O)N(O)Cc1ccc(OCc2cccc(F)c2)cc1. The summed E-state index contributed by atoms with van der Waals surface area (Å²) < 4.78 is 18.6. The van der Waals surface area contributed by atoms with Crippen LogP contribution in [0.4, 0.5) is 4.39 Å². The number of carbonyl (C=O) groups is 1. The number of ether oxygens (including phenoxy) is 1. The molecule has 6 heteroatoms. The Bertz CT molecular complexity index is 661. The fourth-order valence-electron chi connectivity index (χ4n) is 1.96. The number of hydroxylamine groups is 2. The van der Waals surface area contributed by atoms with Crippen molar-refractivity contribution in [3.63, 3.8) is 0 Å². The maximum Gasteiger partial charge on any atom is 0.236 e. The molecule has 3 N–H and O–H groups in total. The predicted octanol–water partition coefficient (Wildman–Crippen LogP) is 2.47. The van der Waals surface area contributed by atoms with Crippen molar-refractivity contribution < 1.29 is 19.1 Å². The molecule has 2 rings (SSSR count). The third-order valence-corrected chi connectivity index (χ3v) is 3.42. The summed E-state index contributed by atoms with van der Waals surface area (Å²) in [4.78, 5) is 11.0. The first-order valence-electron chi connectivity index (χ1n) is 7.16. The van der Waals surface area contributed by atoms with Crippen molar-refractivity contribution in [2.24, 2.45) is 5.73 Å². The van der Waals surface area contributed by atoms with Crippen LogP contribution < -0.4 is 10.5 Å². The van der Waals surface area contributed by atoms with Crippen molar-refractivity contribution >= 4 is 5.91 Å². The number of nitrogens with two attached hydrogens (primary N) is 1. The first kappa shape index (κ1) is 16.9. The van der Waals surface area contributed by atoms with Crippen molar-refractivity contribution in [2.75, 3.05) is 0 Å². The lowest BCUT2D eigenvalue weighted by atomic mass is 10.2. The first-order valence-corrected chi connectivity index (χ1v) is 7.16. The summed E-state index contributed by atoms with van der Waals surface area (Å²) >= 11 is 0. The molecule has 0 heterocycles. The molecule has 1 amide bonds. The van der Waals surface area contributed by atoms with Crippen LogP contribution in [0.25, 0.3) is 0 Å². The lowest BCUT2D eigenvalue weighted by Gasteiger charge is -2.19. The summed E-state index contributed by atoms with van der Waals surface area (Å²) in [7, 11) is 0. The smallest absolute Gasteiger partial charge is 0.236 e. The lowest BCUT2D eigenvalue weighted by molar-refractivity contribution is -0.153. The zero-order chi connectivity index (χ0) is 16.8. The second kappa shape index (κ2) is 7.71. The number of hydrogen-bond donors (Lipinski definition) is 2. The molecular weight excluding hydrogens is 299 g/mol. The highest BCUT2D eigenvalue weighted by atomic mass is 19.1. The largest absolute Gasteiger partial charge is 0.489 e. The quantitative estimate of drug-likeness (QED) is 0.769. The van der Waals surface area contributed by atoms with Gasteiger partial charge in [0, 0.05) is 6.54 Å². The molecule has 0 bridgehead atoms. The maximum atomic E-state index is 13.1. The molecule has 5 nitrogen and oxygen atoms in total. The Hall–Kier alpha value is -2.44. The van der Waals surface area contributed by atoms with E-state index in [9.17, 15) is 14.4 Å². The van der Waals surface area contributed by atoms with Crippen LogP contribution in [0.3, 0.4) is 0 Å². The maximum absolute atomic E-state index is 13.1. The zero-order valence-corrected chi connectivity index (χ0v) is 12.8. The normalized spacial score (nSPS) is 12.2. The molecule has 1 unspecified atom stereocenters. The van der Waals surface area contributed by atoms with Gasteiger partial charge in [-0.25, -0.2) is 4.39 Å². The highest BCUT2D eigenvalue weighted by Gasteiger charge is 2.16. The van der Waals surface area contributed by atoms with Gasteiger partial charge in [-0.1, -0.05) is 24.3 Å². The van der Waals surface area contributed by atoms with Crippen LogP contribution in [0.15, 0.2) is 48.5 Å². The van der Waals surface area contributed by atoms with Crippen molar-refractivity contribution in [3.05, 3.63) is 65.5 Å². The van der Waals surface area contributed by atoms with Gasteiger partial charge in [0.05, 0.1) is 0 Å². The van der Waals surface area contributed by atoms with E-state index >= 15 is 0 Å². The van der Waals surface area contributed by atoms with Crippen LogP contribution in [0.5, 0.6) is 5.75 Å². The summed E-state index contributed by atoms with van der Waals surface area (Å²) in [5.74, 6) is -0.263. The molecule has 23 heavy (non-hydrogen) atoms. The number of carbonyl (C=O) groups excluding carboxylic acids is 1. The molecule has 2 aromatic rings. The Morgan fingerprint density at radius 3 is 2.57 bits per heavy atom. The number of halogens is 1. The number of hydrogen-bond acceptors (Lipinski definition) is 4. The van der Waals surface area contributed by atoms with E-state index in [2.05, 4.69) is 0 Å². The van der Waals surface area contributed by atoms with Gasteiger partial charge in [0.25, 0.3) is 0 Å². The molecule has 0 fully saturated rings. The van der Waals surface area contributed by atoms with Gasteiger partial charge < -0.3 is 15.7 Å². The molecule has 2 aromatic carbocycles. The lowest BCUT2D eigenvalue weighted by Crippen LogP contribution is -2.40. The Morgan fingerprint density at radius 1 is 1.26 bits per heavy atom. The topological polar surface area (TPSA) is 75.8 Å². The van der Waals surface area contributed by atoms with Crippen molar-refractivity contribution in [3.8, 4) is 5.75 Å². The molecule has 0 saturated heterocycles. The number of nitrogens with zero attached hydrogens (tertiary/aromatic N) is 1. The first-order chi connectivity index (χ1) is 11.0. The summed E-state index contributed by atoms with van der Waals surface area (Å²) in [5.41, 5.74) is 6.68. The van der Waals surface area contributed by atoms with Gasteiger partial charge in [-0.2, -0.15) is 5.06 Å². The number of primary amides is 1. The minimum Gasteiger partial charge on any atom is -0.489 e. The molecule has 0 aromatic heterocycles. The van der Waals surface area contributed by atoms with Gasteiger partial charge in [0.1, 0.15) is 24.2 Å². The van der Waals surface area contributed by atoms with Crippen LogP contribution in [0.1, 0.15) is 18.1 Å². The molecule has 0 aliphatic heterocycles. The molecule has 0 radical (unpaired) electrons. The monoisotopic (exact) mass is 318 g/mol. The van der Waals surface area contributed by atoms with Gasteiger partial charge >= 0.3 is 0 Å². The highest BCUT2D eigenvalue weighted by molar-refractivity contribution is 5.79. The predicted molar refractivity (Wildman–Crippen MR) is 83.2 cm³/mol. The van der Waals surface area contributed by atoms with Gasteiger partial charge in [-0.05, 0) is 42.3 Å².